The minimum atomic E-state index is -3.82. The molecule has 2 amide bonds. The minimum Gasteiger partial charge on any atom is -0.351 e. The molecule has 11 heteroatoms. The van der Waals surface area contributed by atoms with E-state index in [1.807, 2.05) is 10.8 Å². The van der Waals surface area contributed by atoms with Gasteiger partial charge < -0.3 is 15.2 Å². The number of nitrogens with zero attached hydrogens (tertiary/aromatic N) is 4. The number of amides is 2. The van der Waals surface area contributed by atoms with E-state index in [1.165, 1.54) is 26.4 Å². The van der Waals surface area contributed by atoms with Crippen molar-refractivity contribution >= 4 is 39.0 Å². The summed E-state index contributed by atoms with van der Waals surface area (Å²) in [5, 5.41) is 6.15. The van der Waals surface area contributed by atoms with Gasteiger partial charge in [0.2, 0.25) is 0 Å². The lowest BCUT2D eigenvalue weighted by molar-refractivity contribution is -0.117. The Hall–Kier alpha value is -4.22. The number of nitrogens with one attached hydrogen (secondary N) is 2. The zero-order valence-corrected chi connectivity index (χ0v) is 21.4. The van der Waals surface area contributed by atoms with Gasteiger partial charge in [-0.15, -0.1) is 0 Å². The van der Waals surface area contributed by atoms with Gasteiger partial charge in [-0.3, -0.25) is 9.59 Å². The molecule has 0 aliphatic carbocycles. The summed E-state index contributed by atoms with van der Waals surface area (Å²) in [5.41, 5.74) is 1.32. The average molecular weight is 521 g/mol. The molecule has 0 saturated heterocycles. The predicted molar refractivity (Wildman–Crippen MR) is 142 cm³/mol. The SMILES string of the molecule is CN(C)S(=O)(=O)n1cc(C=C(NC(=O)c2ccccc2)C(=O)NCCCn2ccnc2)c2ccccc21. The molecule has 4 rings (SSSR count). The standard InChI is InChI=1S/C26H28N6O4S/c1-30(2)37(35,36)32-18-21(22-11-6-7-12-24(22)32)17-23(29-25(33)20-9-4-3-5-10-20)26(34)28-13-8-15-31-16-14-27-19-31/h3-7,9-12,14,16-19H,8,13,15H2,1-2H3,(H,28,34)(H,29,33). The number of aromatic nitrogens is 3. The van der Waals surface area contributed by atoms with Gasteiger partial charge in [0.15, 0.2) is 0 Å². The Labute approximate surface area is 215 Å². The molecular formula is C26H28N6O4S. The molecule has 192 valence electrons. The number of benzene rings is 2. The van der Waals surface area contributed by atoms with Gasteiger partial charge in [0.1, 0.15) is 5.70 Å². The van der Waals surface area contributed by atoms with Crippen LogP contribution < -0.4 is 10.6 Å². The highest BCUT2D eigenvalue weighted by atomic mass is 32.2. The molecule has 0 bridgehead atoms. The smallest absolute Gasteiger partial charge is 0.307 e. The first-order chi connectivity index (χ1) is 17.8. The first kappa shape index (κ1) is 25.9. The summed E-state index contributed by atoms with van der Waals surface area (Å²) < 4.78 is 30.0. The van der Waals surface area contributed by atoms with E-state index in [1.54, 1.807) is 67.1 Å². The maximum Gasteiger partial charge on any atom is 0.307 e. The van der Waals surface area contributed by atoms with Crippen LogP contribution in [0.1, 0.15) is 22.3 Å². The van der Waals surface area contributed by atoms with Gasteiger partial charge in [0.05, 0.1) is 11.8 Å². The first-order valence-corrected chi connectivity index (χ1v) is 13.0. The van der Waals surface area contributed by atoms with Crippen LogP contribution in [0.2, 0.25) is 0 Å². The highest BCUT2D eigenvalue weighted by Gasteiger charge is 2.22. The van der Waals surface area contributed by atoms with Crippen molar-refractivity contribution < 1.29 is 18.0 Å². The molecule has 0 spiro atoms. The van der Waals surface area contributed by atoms with Crippen LogP contribution in [-0.2, 0) is 21.5 Å². The van der Waals surface area contributed by atoms with E-state index in [0.29, 0.717) is 41.5 Å². The molecule has 10 nitrogen and oxygen atoms in total. The van der Waals surface area contributed by atoms with E-state index >= 15 is 0 Å². The second kappa shape index (κ2) is 11.2. The summed E-state index contributed by atoms with van der Waals surface area (Å²) in [6, 6.07) is 15.5. The van der Waals surface area contributed by atoms with Crippen LogP contribution in [0, 0.1) is 0 Å². The van der Waals surface area contributed by atoms with Gasteiger partial charge >= 0.3 is 10.2 Å². The summed E-state index contributed by atoms with van der Waals surface area (Å²) in [7, 11) is -0.925. The van der Waals surface area contributed by atoms with Gasteiger partial charge in [-0.1, -0.05) is 36.4 Å². The molecule has 0 unspecified atom stereocenters. The number of carbonyl (C=O) groups is 2. The van der Waals surface area contributed by atoms with Crippen molar-refractivity contribution in [3.8, 4) is 0 Å². The van der Waals surface area contributed by atoms with Crippen molar-refractivity contribution in [1.29, 1.82) is 0 Å². The van der Waals surface area contributed by atoms with E-state index in [2.05, 4.69) is 15.6 Å². The van der Waals surface area contributed by atoms with Crippen molar-refractivity contribution in [2.75, 3.05) is 20.6 Å². The zero-order chi connectivity index (χ0) is 26.4. The Balaban J connectivity index is 1.66. The van der Waals surface area contributed by atoms with Crippen LogP contribution in [-0.4, -0.2) is 58.7 Å². The van der Waals surface area contributed by atoms with E-state index < -0.39 is 22.0 Å². The lowest BCUT2D eigenvalue weighted by atomic mass is 10.1. The maximum atomic E-state index is 13.2. The topological polar surface area (TPSA) is 118 Å². The number of fused-ring (bicyclic) bond motifs is 1. The Morgan fingerprint density at radius 2 is 1.78 bits per heavy atom. The fourth-order valence-corrected chi connectivity index (χ4v) is 4.74. The van der Waals surface area contributed by atoms with E-state index in [0.717, 1.165) is 8.28 Å². The van der Waals surface area contributed by atoms with Crippen molar-refractivity contribution in [1.82, 2.24) is 28.5 Å². The molecule has 0 atom stereocenters. The highest BCUT2D eigenvalue weighted by molar-refractivity contribution is 7.87. The molecule has 2 aromatic carbocycles. The summed E-state index contributed by atoms with van der Waals surface area (Å²) in [6.45, 7) is 1.04. The van der Waals surface area contributed by atoms with Gasteiger partial charge in [-0.2, -0.15) is 12.7 Å². The van der Waals surface area contributed by atoms with Gasteiger partial charge in [-0.05, 0) is 30.7 Å². The lowest BCUT2D eigenvalue weighted by Crippen LogP contribution is -2.35. The molecule has 0 aliphatic rings. The Bertz CT molecular complexity index is 1520. The Morgan fingerprint density at radius 3 is 2.49 bits per heavy atom. The van der Waals surface area contributed by atoms with Crippen molar-refractivity contribution in [3.63, 3.8) is 0 Å². The van der Waals surface area contributed by atoms with Gasteiger partial charge in [0, 0.05) is 62.3 Å². The molecule has 37 heavy (non-hydrogen) atoms. The van der Waals surface area contributed by atoms with Crippen LogP contribution in [0.15, 0.2) is 85.2 Å². The van der Waals surface area contributed by atoms with Crippen molar-refractivity contribution in [2.45, 2.75) is 13.0 Å². The largest absolute Gasteiger partial charge is 0.351 e. The van der Waals surface area contributed by atoms with Crippen molar-refractivity contribution in [2.24, 2.45) is 0 Å². The van der Waals surface area contributed by atoms with Gasteiger partial charge in [0.25, 0.3) is 11.8 Å². The number of para-hydroxylation sites is 1. The summed E-state index contributed by atoms with van der Waals surface area (Å²) in [6.07, 6.45) is 8.82. The fourth-order valence-electron chi connectivity index (χ4n) is 3.73. The number of imidazole rings is 1. The second-order valence-electron chi connectivity index (χ2n) is 8.48. The molecule has 0 aliphatic heterocycles. The molecular weight excluding hydrogens is 492 g/mol. The van der Waals surface area contributed by atoms with Crippen LogP contribution in [0.5, 0.6) is 0 Å². The van der Waals surface area contributed by atoms with E-state index in [4.69, 9.17) is 0 Å². The monoisotopic (exact) mass is 520 g/mol. The van der Waals surface area contributed by atoms with E-state index in [9.17, 15) is 18.0 Å². The highest BCUT2D eigenvalue weighted by Crippen LogP contribution is 2.25. The lowest BCUT2D eigenvalue weighted by Gasteiger charge is -2.13. The number of hydrogen-bond donors (Lipinski definition) is 2. The third-order valence-corrected chi connectivity index (χ3v) is 7.41. The number of rotatable bonds is 10. The number of aryl methyl sites for hydroxylation is 1. The number of carbonyl (C=O) groups excluding carboxylic acids is 2. The van der Waals surface area contributed by atoms with E-state index in [-0.39, 0.29) is 5.70 Å². The second-order valence-corrected chi connectivity index (χ2v) is 10.5. The number of hydrogen-bond acceptors (Lipinski definition) is 5. The molecule has 2 aromatic heterocycles. The van der Waals surface area contributed by atoms with Crippen LogP contribution in [0.3, 0.4) is 0 Å². The summed E-state index contributed by atoms with van der Waals surface area (Å²) in [4.78, 5) is 30.1. The molecule has 2 N–H and O–H groups in total. The molecule has 4 aromatic rings. The fraction of sp³-hybridized carbons (Fsp3) is 0.192. The average Bonchev–Trinajstić information content (AvgIpc) is 3.55. The third kappa shape index (κ3) is 5.96. The van der Waals surface area contributed by atoms with Crippen LogP contribution >= 0.6 is 0 Å². The third-order valence-electron chi connectivity index (χ3n) is 5.69. The van der Waals surface area contributed by atoms with Gasteiger partial charge in [-0.25, -0.2) is 8.96 Å². The van der Waals surface area contributed by atoms with Crippen molar-refractivity contribution in [3.05, 3.63) is 96.3 Å². The normalized spacial score (nSPS) is 12.1. The first-order valence-electron chi connectivity index (χ1n) is 11.6. The molecule has 0 radical (unpaired) electrons. The Morgan fingerprint density at radius 1 is 1.05 bits per heavy atom. The molecule has 0 saturated carbocycles. The Kier molecular flexibility index (Phi) is 7.85. The predicted octanol–water partition coefficient (Wildman–Crippen LogP) is 2.47. The zero-order valence-electron chi connectivity index (χ0n) is 20.5. The summed E-state index contributed by atoms with van der Waals surface area (Å²) >= 11 is 0. The van der Waals surface area contributed by atoms with Crippen LogP contribution in [0.25, 0.3) is 17.0 Å². The maximum absolute atomic E-state index is 13.2. The molecule has 0 fully saturated rings. The summed E-state index contributed by atoms with van der Waals surface area (Å²) in [5.74, 6) is -0.938. The minimum absolute atomic E-state index is 0.00152. The quantitative estimate of drug-likeness (QED) is 0.246. The van der Waals surface area contributed by atoms with Crippen LogP contribution in [0.4, 0.5) is 0 Å². The molecule has 2 heterocycles.